The molecule has 1 aromatic carbocycles. The molecule has 5 nitrogen and oxygen atoms in total. The zero-order valence-electron chi connectivity index (χ0n) is 9.41. The molecule has 1 N–H and O–H groups in total. The number of rotatable bonds is 3. The number of carboxylic acid groups (broad SMARTS) is 1. The summed E-state index contributed by atoms with van der Waals surface area (Å²) in [6.45, 7) is 0. The van der Waals surface area contributed by atoms with E-state index in [4.69, 9.17) is 9.84 Å². The van der Waals surface area contributed by atoms with Gasteiger partial charge in [-0.25, -0.2) is 9.79 Å². The molecule has 1 aromatic rings. The maximum atomic E-state index is 11.5. The fraction of sp³-hybridized carbons (Fsp3) is 0.0833. The molecule has 0 aliphatic carbocycles. The standard InChI is InChI=1S/C12H9NO4S/c1-17-8-4-2-3-7(5-8)12-13-11(16)9(18-12)6-10(14)15/h2-6H,1H3,(H,14,15)/b9-6+. The summed E-state index contributed by atoms with van der Waals surface area (Å²) < 4.78 is 5.07. The van der Waals surface area contributed by atoms with Gasteiger partial charge in [0.25, 0.3) is 5.91 Å². The van der Waals surface area contributed by atoms with Gasteiger partial charge in [0.2, 0.25) is 0 Å². The van der Waals surface area contributed by atoms with Crippen LogP contribution in [0.5, 0.6) is 5.75 Å². The Morgan fingerprint density at radius 1 is 1.50 bits per heavy atom. The third kappa shape index (κ3) is 2.60. The summed E-state index contributed by atoms with van der Waals surface area (Å²) >= 11 is 1.04. The van der Waals surface area contributed by atoms with E-state index in [0.717, 1.165) is 23.4 Å². The quantitative estimate of drug-likeness (QED) is 0.840. The van der Waals surface area contributed by atoms with Gasteiger partial charge in [0.05, 0.1) is 12.0 Å². The molecule has 18 heavy (non-hydrogen) atoms. The molecule has 0 atom stereocenters. The summed E-state index contributed by atoms with van der Waals surface area (Å²) in [5.41, 5.74) is 0.724. The van der Waals surface area contributed by atoms with Crippen molar-refractivity contribution in [3.8, 4) is 5.75 Å². The van der Waals surface area contributed by atoms with E-state index in [9.17, 15) is 9.59 Å². The summed E-state index contributed by atoms with van der Waals surface area (Å²) in [6, 6.07) is 7.08. The number of nitrogens with zero attached hydrogens (tertiary/aromatic N) is 1. The lowest BCUT2D eigenvalue weighted by molar-refractivity contribution is -0.131. The van der Waals surface area contributed by atoms with Gasteiger partial charge in [-0.3, -0.25) is 4.79 Å². The molecule has 0 fully saturated rings. The van der Waals surface area contributed by atoms with Crippen LogP contribution in [0.4, 0.5) is 0 Å². The highest BCUT2D eigenvalue weighted by Crippen LogP contribution is 2.31. The fourth-order valence-corrected chi connectivity index (χ4v) is 2.28. The van der Waals surface area contributed by atoms with Crippen molar-refractivity contribution in [3.05, 3.63) is 40.8 Å². The zero-order valence-corrected chi connectivity index (χ0v) is 10.2. The molecular weight excluding hydrogens is 254 g/mol. The minimum Gasteiger partial charge on any atom is -0.497 e. The predicted molar refractivity (Wildman–Crippen MR) is 67.8 cm³/mol. The Balaban J connectivity index is 2.29. The van der Waals surface area contributed by atoms with Crippen LogP contribution in [0.25, 0.3) is 0 Å². The number of amides is 1. The number of carbonyl (C=O) groups is 2. The van der Waals surface area contributed by atoms with Crippen LogP contribution in [0.1, 0.15) is 5.56 Å². The average molecular weight is 263 g/mol. The van der Waals surface area contributed by atoms with E-state index in [2.05, 4.69) is 4.99 Å². The summed E-state index contributed by atoms with van der Waals surface area (Å²) in [5.74, 6) is -1.04. The summed E-state index contributed by atoms with van der Waals surface area (Å²) in [6.07, 6.45) is 0.865. The molecule has 0 aromatic heterocycles. The fourth-order valence-electron chi connectivity index (χ4n) is 1.40. The molecule has 0 saturated carbocycles. The van der Waals surface area contributed by atoms with Gasteiger partial charge in [0.1, 0.15) is 10.8 Å². The first-order chi connectivity index (χ1) is 8.60. The Hall–Kier alpha value is -2.08. The molecule has 1 aliphatic heterocycles. The molecule has 6 heteroatoms. The molecule has 0 unspecified atom stereocenters. The highest BCUT2D eigenvalue weighted by Gasteiger charge is 2.23. The van der Waals surface area contributed by atoms with Gasteiger partial charge in [-0.05, 0) is 12.1 Å². The van der Waals surface area contributed by atoms with Gasteiger partial charge in [-0.15, -0.1) is 0 Å². The van der Waals surface area contributed by atoms with Crippen molar-refractivity contribution in [2.75, 3.05) is 7.11 Å². The third-order valence-corrected chi connectivity index (χ3v) is 3.22. The van der Waals surface area contributed by atoms with Crippen molar-refractivity contribution in [1.29, 1.82) is 0 Å². The Kier molecular flexibility index (Phi) is 3.47. The third-order valence-electron chi connectivity index (χ3n) is 2.19. The minimum absolute atomic E-state index is 0.111. The first-order valence-corrected chi connectivity index (χ1v) is 5.81. The number of ether oxygens (including phenoxy) is 1. The van der Waals surface area contributed by atoms with E-state index in [0.29, 0.717) is 10.8 Å². The molecule has 1 aliphatic rings. The normalized spacial score (nSPS) is 16.8. The van der Waals surface area contributed by atoms with Gasteiger partial charge in [0.15, 0.2) is 0 Å². The van der Waals surface area contributed by atoms with E-state index >= 15 is 0 Å². The molecule has 92 valence electrons. The largest absolute Gasteiger partial charge is 0.497 e. The van der Waals surface area contributed by atoms with E-state index in [1.54, 1.807) is 31.4 Å². The number of aliphatic carboxylic acids is 1. The second-order valence-electron chi connectivity index (χ2n) is 3.40. The van der Waals surface area contributed by atoms with Gasteiger partial charge in [-0.2, -0.15) is 0 Å². The maximum Gasteiger partial charge on any atom is 0.329 e. The van der Waals surface area contributed by atoms with E-state index in [1.165, 1.54) is 0 Å². The number of methoxy groups -OCH3 is 1. The topological polar surface area (TPSA) is 76.0 Å². The summed E-state index contributed by atoms with van der Waals surface area (Å²) in [5, 5.41) is 9.10. The lowest BCUT2D eigenvalue weighted by Gasteiger charge is -2.02. The molecule has 0 radical (unpaired) electrons. The van der Waals surface area contributed by atoms with Gasteiger partial charge < -0.3 is 9.84 Å². The SMILES string of the molecule is COc1cccc(C2=NC(=O)/C(=C\C(=O)O)S2)c1. The van der Waals surface area contributed by atoms with Crippen LogP contribution >= 0.6 is 11.8 Å². The van der Waals surface area contributed by atoms with E-state index < -0.39 is 11.9 Å². The molecule has 1 amide bonds. The van der Waals surface area contributed by atoms with Crippen LogP contribution < -0.4 is 4.74 Å². The second kappa shape index (κ2) is 5.05. The summed E-state index contributed by atoms with van der Waals surface area (Å²) in [7, 11) is 1.55. The Bertz CT molecular complexity index is 577. The van der Waals surface area contributed by atoms with Crippen molar-refractivity contribution in [2.45, 2.75) is 0 Å². The monoisotopic (exact) mass is 263 g/mol. The molecule has 0 spiro atoms. The zero-order chi connectivity index (χ0) is 13.1. The number of hydrogen-bond donors (Lipinski definition) is 1. The van der Waals surface area contributed by atoms with Crippen molar-refractivity contribution in [2.24, 2.45) is 4.99 Å². The first-order valence-electron chi connectivity index (χ1n) is 5.00. The van der Waals surface area contributed by atoms with Crippen molar-refractivity contribution in [1.82, 2.24) is 0 Å². The number of carbonyl (C=O) groups excluding carboxylic acids is 1. The van der Waals surface area contributed by atoms with E-state index in [-0.39, 0.29) is 4.91 Å². The van der Waals surface area contributed by atoms with E-state index in [1.807, 2.05) is 0 Å². The van der Waals surface area contributed by atoms with Crippen LogP contribution in [-0.4, -0.2) is 29.1 Å². The second-order valence-corrected chi connectivity index (χ2v) is 4.43. The molecule has 0 bridgehead atoms. The Morgan fingerprint density at radius 3 is 2.94 bits per heavy atom. The molecular formula is C12H9NO4S. The molecule has 0 saturated heterocycles. The highest BCUT2D eigenvalue weighted by atomic mass is 32.2. The number of carboxylic acids is 1. The van der Waals surface area contributed by atoms with Crippen molar-refractivity contribution >= 4 is 28.7 Å². The molecule has 1 heterocycles. The average Bonchev–Trinajstić information content (AvgIpc) is 2.70. The Labute approximate surface area is 107 Å². The predicted octanol–water partition coefficient (Wildman–Crippen LogP) is 1.68. The number of aliphatic imine (C=N–C) groups is 1. The van der Waals surface area contributed by atoms with Crippen LogP contribution in [-0.2, 0) is 9.59 Å². The number of thioether (sulfide) groups is 1. The van der Waals surface area contributed by atoms with Crippen LogP contribution in [0.2, 0.25) is 0 Å². The minimum atomic E-state index is -1.16. The number of benzene rings is 1. The molecule has 2 rings (SSSR count). The highest BCUT2D eigenvalue weighted by molar-refractivity contribution is 8.19. The smallest absolute Gasteiger partial charge is 0.329 e. The van der Waals surface area contributed by atoms with Crippen LogP contribution in [0, 0.1) is 0 Å². The maximum absolute atomic E-state index is 11.5. The first kappa shape index (κ1) is 12.4. The summed E-state index contributed by atoms with van der Waals surface area (Å²) in [4.78, 5) is 25.9. The number of hydrogen-bond acceptors (Lipinski definition) is 4. The lowest BCUT2D eigenvalue weighted by atomic mass is 10.2. The van der Waals surface area contributed by atoms with Crippen molar-refractivity contribution in [3.63, 3.8) is 0 Å². The Morgan fingerprint density at radius 2 is 2.28 bits per heavy atom. The van der Waals surface area contributed by atoms with Gasteiger partial charge in [0, 0.05) is 11.6 Å². The van der Waals surface area contributed by atoms with Gasteiger partial charge >= 0.3 is 5.97 Å². The van der Waals surface area contributed by atoms with Crippen LogP contribution in [0.15, 0.2) is 40.2 Å². The van der Waals surface area contributed by atoms with Crippen LogP contribution in [0.3, 0.4) is 0 Å². The van der Waals surface area contributed by atoms with Gasteiger partial charge in [-0.1, -0.05) is 23.9 Å². The van der Waals surface area contributed by atoms with Crippen molar-refractivity contribution < 1.29 is 19.4 Å². The lowest BCUT2D eigenvalue weighted by Crippen LogP contribution is -1.94.